The third-order valence-electron chi connectivity index (χ3n) is 9.97. The standard InChI is InChI=1S/C40H47F3O/c1-3-5-6-7-8-9-28-10-12-29(13-11-28)30-14-18-32(19-15-30)35-23-22-34(27-37(35)41)31-16-20-33(21-17-31)36-24-25-38(44-26-4-2)40(43)39(36)42/h4,16-18,20-25,27-30H,2-3,5-15,19,26H2,1H3. The summed E-state index contributed by atoms with van der Waals surface area (Å²) in [5.74, 6) is 0.160. The molecule has 2 aliphatic rings. The predicted molar refractivity (Wildman–Crippen MR) is 177 cm³/mol. The van der Waals surface area contributed by atoms with Crippen molar-refractivity contribution in [1.29, 1.82) is 0 Å². The fourth-order valence-corrected chi connectivity index (χ4v) is 7.32. The average Bonchev–Trinajstić information content (AvgIpc) is 3.06. The average molecular weight is 601 g/mol. The van der Waals surface area contributed by atoms with Gasteiger partial charge in [-0.2, -0.15) is 4.39 Å². The van der Waals surface area contributed by atoms with Crippen molar-refractivity contribution in [2.45, 2.75) is 90.4 Å². The van der Waals surface area contributed by atoms with E-state index in [1.54, 1.807) is 18.2 Å². The molecule has 0 N–H and O–H groups in total. The van der Waals surface area contributed by atoms with Crippen LogP contribution in [0.4, 0.5) is 13.2 Å². The number of allylic oxidation sites excluding steroid dienone is 2. The number of hydrogen-bond acceptors (Lipinski definition) is 1. The first kappa shape index (κ1) is 32.1. The summed E-state index contributed by atoms with van der Waals surface area (Å²) in [6.45, 7) is 5.90. The first-order valence-electron chi connectivity index (χ1n) is 16.8. The highest BCUT2D eigenvalue weighted by Crippen LogP contribution is 2.43. The Bertz CT molecular complexity index is 1420. The Kier molecular flexibility index (Phi) is 11.4. The first-order valence-corrected chi connectivity index (χ1v) is 16.8. The zero-order chi connectivity index (χ0) is 30.9. The topological polar surface area (TPSA) is 9.23 Å². The van der Waals surface area contributed by atoms with E-state index in [0.717, 1.165) is 53.7 Å². The third kappa shape index (κ3) is 7.86. The van der Waals surface area contributed by atoms with Gasteiger partial charge in [-0.15, -0.1) is 0 Å². The SMILES string of the molecule is C=CCOc1ccc(-c2ccc(-c3ccc(C4=CCC(C5CCC(CCCCCCC)CC5)CC4)c(F)c3)cc2)c(F)c1F. The zero-order valence-electron chi connectivity index (χ0n) is 26.2. The maximum atomic E-state index is 15.4. The molecule has 2 aliphatic carbocycles. The molecule has 0 aromatic heterocycles. The van der Waals surface area contributed by atoms with Crippen LogP contribution < -0.4 is 4.74 Å². The summed E-state index contributed by atoms with van der Waals surface area (Å²) in [5.41, 5.74) is 4.09. The lowest BCUT2D eigenvalue weighted by molar-refractivity contribution is 0.187. The van der Waals surface area contributed by atoms with Gasteiger partial charge in [0.05, 0.1) is 0 Å². The lowest BCUT2D eigenvalue weighted by Gasteiger charge is -2.35. The maximum Gasteiger partial charge on any atom is 0.201 e. The van der Waals surface area contributed by atoms with E-state index in [2.05, 4.69) is 19.6 Å². The molecule has 0 saturated heterocycles. The molecule has 3 aromatic rings. The highest BCUT2D eigenvalue weighted by atomic mass is 19.2. The van der Waals surface area contributed by atoms with Crippen LogP contribution in [0.3, 0.4) is 0 Å². The Labute approximate surface area is 262 Å². The molecule has 0 aliphatic heterocycles. The predicted octanol–water partition coefficient (Wildman–Crippen LogP) is 12.4. The molecule has 234 valence electrons. The molecule has 0 radical (unpaired) electrons. The molecule has 1 fully saturated rings. The number of rotatable bonds is 13. The fourth-order valence-electron chi connectivity index (χ4n) is 7.32. The normalized spacial score (nSPS) is 20.3. The van der Waals surface area contributed by atoms with Crippen molar-refractivity contribution < 1.29 is 17.9 Å². The Morgan fingerprint density at radius 2 is 1.45 bits per heavy atom. The van der Waals surface area contributed by atoms with E-state index < -0.39 is 11.6 Å². The quantitative estimate of drug-likeness (QED) is 0.140. The first-order chi connectivity index (χ1) is 21.5. The molecule has 1 atom stereocenters. The van der Waals surface area contributed by atoms with Gasteiger partial charge in [0.25, 0.3) is 0 Å². The van der Waals surface area contributed by atoms with Gasteiger partial charge in [-0.1, -0.05) is 113 Å². The van der Waals surface area contributed by atoms with Crippen molar-refractivity contribution in [3.05, 3.63) is 96.3 Å². The Hall–Kier alpha value is -3.27. The van der Waals surface area contributed by atoms with Gasteiger partial charge in [0.15, 0.2) is 11.6 Å². The molecule has 44 heavy (non-hydrogen) atoms. The second-order valence-corrected chi connectivity index (χ2v) is 12.9. The van der Waals surface area contributed by atoms with E-state index in [-0.39, 0.29) is 23.7 Å². The zero-order valence-corrected chi connectivity index (χ0v) is 26.2. The maximum absolute atomic E-state index is 15.4. The van der Waals surface area contributed by atoms with Gasteiger partial charge >= 0.3 is 0 Å². The highest BCUT2D eigenvalue weighted by molar-refractivity contribution is 5.74. The molecule has 4 heteroatoms. The molecule has 0 amide bonds. The summed E-state index contributed by atoms with van der Waals surface area (Å²) >= 11 is 0. The number of unbranched alkanes of at least 4 members (excludes halogenated alkanes) is 4. The smallest absolute Gasteiger partial charge is 0.201 e. The van der Waals surface area contributed by atoms with Crippen molar-refractivity contribution in [2.75, 3.05) is 6.61 Å². The van der Waals surface area contributed by atoms with E-state index in [1.165, 1.54) is 82.4 Å². The van der Waals surface area contributed by atoms with Crippen molar-refractivity contribution in [1.82, 2.24) is 0 Å². The van der Waals surface area contributed by atoms with Crippen molar-refractivity contribution in [3.8, 4) is 28.0 Å². The summed E-state index contributed by atoms with van der Waals surface area (Å²) in [4.78, 5) is 0. The summed E-state index contributed by atoms with van der Waals surface area (Å²) in [6.07, 6.45) is 20.8. The minimum atomic E-state index is -1.02. The summed E-state index contributed by atoms with van der Waals surface area (Å²) in [5, 5.41) is 0. The monoisotopic (exact) mass is 600 g/mol. The van der Waals surface area contributed by atoms with E-state index in [1.807, 2.05) is 24.3 Å². The van der Waals surface area contributed by atoms with E-state index in [9.17, 15) is 8.78 Å². The van der Waals surface area contributed by atoms with E-state index in [4.69, 9.17) is 4.74 Å². The number of ether oxygens (including phenoxy) is 1. The summed E-state index contributed by atoms with van der Waals surface area (Å²) < 4.78 is 49.8. The molecule has 1 saturated carbocycles. The van der Waals surface area contributed by atoms with E-state index >= 15 is 4.39 Å². The molecule has 1 unspecified atom stereocenters. The van der Waals surface area contributed by atoms with Gasteiger partial charge in [0.1, 0.15) is 12.4 Å². The van der Waals surface area contributed by atoms with Crippen LogP contribution in [0.2, 0.25) is 0 Å². The van der Waals surface area contributed by atoms with Gasteiger partial charge in [-0.05, 0) is 90.3 Å². The van der Waals surface area contributed by atoms with Crippen molar-refractivity contribution >= 4 is 5.57 Å². The molecule has 1 nitrogen and oxygen atoms in total. The van der Waals surface area contributed by atoms with Gasteiger partial charge in [0.2, 0.25) is 5.82 Å². The second-order valence-electron chi connectivity index (χ2n) is 12.9. The minimum Gasteiger partial charge on any atom is -0.486 e. The molecular formula is C40H47F3O. The molecule has 0 spiro atoms. The molecular weight excluding hydrogens is 553 g/mol. The van der Waals surface area contributed by atoms with Gasteiger partial charge in [-0.25, -0.2) is 8.78 Å². The number of benzene rings is 3. The van der Waals surface area contributed by atoms with Crippen LogP contribution in [0.15, 0.2) is 73.3 Å². The van der Waals surface area contributed by atoms with Crippen LogP contribution in [-0.4, -0.2) is 6.61 Å². The van der Waals surface area contributed by atoms with Crippen LogP contribution in [0.1, 0.15) is 96.0 Å². The minimum absolute atomic E-state index is 0.0950. The van der Waals surface area contributed by atoms with Crippen LogP contribution in [0, 0.1) is 35.2 Å². The highest BCUT2D eigenvalue weighted by Gasteiger charge is 2.29. The van der Waals surface area contributed by atoms with Crippen molar-refractivity contribution in [3.63, 3.8) is 0 Å². The summed E-state index contributed by atoms with van der Waals surface area (Å²) in [6, 6.07) is 15.5. The lowest BCUT2D eigenvalue weighted by atomic mass is 9.70. The second kappa shape index (κ2) is 15.6. The Morgan fingerprint density at radius 3 is 2.14 bits per heavy atom. The number of hydrogen-bond donors (Lipinski definition) is 0. The van der Waals surface area contributed by atoms with Gasteiger partial charge in [-0.3, -0.25) is 0 Å². The van der Waals surface area contributed by atoms with E-state index in [0.29, 0.717) is 11.1 Å². The van der Waals surface area contributed by atoms with Crippen molar-refractivity contribution in [2.24, 2.45) is 17.8 Å². The largest absolute Gasteiger partial charge is 0.486 e. The molecule has 0 bridgehead atoms. The van der Waals surface area contributed by atoms with Gasteiger partial charge < -0.3 is 4.74 Å². The molecule has 0 heterocycles. The third-order valence-corrected chi connectivity index (χ3v) is 9.97. The summed E-state index contributed by atoms with van der Waals surface area (Å²) in [7, 11) is 0. The van der Waals surface area contributed by atoms with Crippen LogP contribution in [0.5, 0.6) is 5.75 Å². The molecule has 5 rings (SSSR count). The Balaban J connectivity index is 1.16. The number of halogens is 3. The lowest BCUT2D eigenvalue weighted by Crippen LogP contribution is -2.23. The van der Waals surface area contributed by atoms with Gasteiger partial charge in [0, 0.05) is 11.1 Å². The van der Waals surface area contributed by atoms with Crippen LogP contribution >= 0.6 is 0 Å². The van der Waals surface area contributed by atoms with Crippen LogP contribution in [-0.2, 0) is 0 Å². The Morgan fingerprint density at radius 1 is 0.750 bits per heavy atom. The fraction of sp³-hybridized carbons (Fsp3) is 0.450. The molecule has 3 aromatic carbocycles. The van der Waals surface area contributed by atoms with Crippen LogP contribution in [0.25, 0.3) is 27.8 Å².